The van der Waals surface area contributed by atoms with E-state index in [1.165, 1.54) is 0 Å². The van der Waals surface area contributed by atoms with Gasteiger partial charge in [0.05, 0.1) is 6.10 Å². The second-order valence-electron chi connectivity index (χ2n) is 5.77. The Balaban J connectivity index is 1.85. The smallest absolute Gasteiger partial charge is 0.319 e. The molecular weight excluding hydrogens is 280 g/mol. The Morgan fingerprint density at radius 2 is 2.32 bits per heavy atom. The molecule has 0 aliphatic carbocycles. The fraction of sp³-hybridized carbons (Fsp3) is 0.471. The highest BCUT2D eigenvalue weighted by atomic mass is 16.5. The zero-order valence-corrected chi connectivity index (χ0v) is 13.2. The summed E-state index contributed by atoms with van der Waals surface area (Å²) in [5.74, 6) is 0.709. The molecule has 1 aromatic carbocycles. The zero-order valence-electron chi connectivity index (χ0n) is 13.2. The lowest BCUT2D eigenvalue weighted by Crippen LogP contribution is -2.43. The van der Waals surface area contributed by atoms with Crippen molar-refractivity contribution in [1.29, 1.82) is 0 Å². The van der Waals surface area contributed by atoms with Gasteiger partial charge in [-0.1, -0.05) is 12.6 Å². The van der Waals surface area contributed by atoms with E-state index in [4.69, 9.17) is 9.47 Å². The average Bonchev–Trinajstić information content (AvgIpc) is 2.45. The minimum Gasteiger partial charge on any atom is -0.489 e. The number of nitrogens with one attached hydrogen (secondary N) is 2. The molecule has 5 nitrogen and oxygen atoms in total. The molecular formula is C17H24N2O3. The molecule has 0 radical (unpaired) electrons. The summed E-state index contributed by atoms with van der Waals surface area (Å²) in [6.07, 6.45) is 1.88. The zero-order chi connectivity index (χ0) is 15.9. The van der Waals surface area contributed by atoms with E-state index >= 15 is 0 Å². The number of rotatable bonds is 5. The summed E-state index contributed by atoms with van der Waals surface area (Å²) in [6, 6.07) is 7.30. The first-order chi connectivity index (χ1) is 10.5. The van der Waals surface area contributed by atoms with Crippen molar-refractivity contribution < 1.29 is 14.3 Å². The quantitative estimate of drug-likeness (QED) is 0.820. The molecule has 2 rings (SSSR count). The molecule has 1 aliphatic rings. The lowest BCUT2D eigenvalue weighted by atomic mass is 10.0. The minimum absolute atomic E-state index is 0.159. The van der Waals surface area contributed by atoms with Crippen molar-refractivity contribution in [2.75, 3.05) is 18.5 Å². The van der Waals surface area contributed by atoms with Crippen LogP contribution in [-0.2, 0) is 4.74 Å². The van der Waals surface area contributed by atoms with Crippen molar-refractivity contribution in [2.45, 2.75) is 38.8 Å². The van der Waals surface area contributed by atoms with Crippen molar-refractivity contribution in [3.05, 3.63) is 36.4 Å². The number of urea groups is 1. The van der Waals surface area contributed by atoms with Gasteiger partial charge in [0.2, 0.25) is 0 Å². The summed E-state index contributed by atoms with van der Waals surface area (Å²) in [5, 5.41) is 5.82. The molecule has 2 atom stereocenters. The van der Waals surface area contributed by atoms with E-state index in [0.29, 0.717) is 24.7 Å². The maximum atomic E-state index is 12.0. The highest BCUT2D eigenvalue weighted by Crippen LogP contribution is 2.18. The number of ether oxygens (including phenoxy) is 2. The number of carbonyl (C=O) groups excluding carboxylic acids is 1. The second-order valence-corrected chi connectivity index (χ2v) is 5.77. The van der Waals surface area contributed by atoms with Crippen LogP contribution in [-0.4, -0.2) is 31.4 Å². The first-order valence-electron chi connectivity index (χ1n) is 7.59. The van der Waals surface area contributed by atoms with Gasteiger partial charge in [-0.05, 0) is 44.4 Å². The summed E-state index contributed by atoms with van der Waals surface area (Å²) in [7, 11) is 0. The van der Waals surface area contributed by atoms with Gasteiger partial charge in [0.1, 0.15) is 12.4 Å². The molecule has 1 fully saturated rings. The van der Waals surface area contributed by atoms with Gasteiger partial charge in [0.25, 0.3) is 0 Å². The van der Waals surface area contributed by atoms with Gasteiger partial charge in [-0.2, -0.15) is 0 Å². The largest absolute Gasteiger partial charge is 0.489 e. The van der Waals surface area contributed by atoms with E-state index in [2.05, 4.69) is 17.2 Å². The van der Waals surface area contributed by atoms with E-state index in [0.717, 1.165) is 18.4 Å². The van der Waals surface area contributed by atoms with Crippen molar-refractivity contribution in [2.24, 2.45) is 0 Å². The lowest BCUT2D eigenvalue weighted by molar-refractivity contribution is 0.0157. The topological polar surface area (TPSA) is 59.6 Å². The summed E-state index contributed by atoms with van der Waals surface area (Å²) < 4.78 is 11.0. The molecule has 1 aromatic rings. The Morgan fingerprint density at radius 1 is 1.50 bits per heavy atom. The summed E-state index contributed by atoms with van der Waals surface area (Å²) in [6.45, 7) is 8.88. The highest BCUT2D eigenvalue weighted by molar-refractivity contribution is 5.89. The molecule has 0 bridgehead atoms. The van der Waals surface area contributed by atoms with E-state index in [1.807, 2.05) is 32.0 Å². The molecule has 2 unspecified atom stereocenters. The SMILES string of the molecule is C=C(C)COc1cccc(NC(=O)NC2CCOC(C)C2)c1. The van der Waals surface area contributed by atoms with Crippen LogP contribution in [0, 0.1) is 0 Å². The number of carbonyl (C=O) groups is 1. The van der Waals surface area contributed by atoms with Crippen molar-refractivity contribution >= 4 is 11.7 Å². The number of hydrogen-bond acceptors (Lipinski definition) is 3. The van der Waals surface area contributed by atoms with Crippen LogP contribution in [0.5, 0.6) is 5.75 Å². The predicted octanol–water partition coefficient (Wildman–Crippen LogP) is 3.33. The highest BCUT2D eigenvalue weighted by Gasteiger charge is 2.20. The van der Waals surface area contributed by atoms with E-state index in [1.54, 1.807) is 6.07 Å². The monoisotopic (exact) mass is 304 g/mol. The second kappa shape index (κ2) is 7.84. The first-order valence-corrected chi connectivity index (χ1v) is 7.59. The molecule has 1 saturated heterocycles. The molecule has 1 heterocycles. The molecule has 5 heteroatoms. The normalized spacial score (nSPS) is 21.0. The van der Waals surface area contributed by atoms with E-state index in [-0.39, 0.29) is 18.2 Å². The van der Waals surface area contributed by atoms with Crippen LogP contribution in [0.2, 0.25) is 0 Å². The van der Waals surface area contributed by atoms with E-state index in [9.17, 15) is 4.79 Å². The fourth-order valence-corrected chi connectivity index (χ4v) is 2.35. The third-order valence-electron chi connectivity index (χ3n) is 3.40. The molecule has 1 aliphatic heterocycles. The Morgan fingerprint density at radius 3 is 3.05 bits per heavy atom. The lowest BCUT2D eigenvalue weighted by Gasteiger charge is -2.27. The number of benzene rings is 1. The fourth-order valence-electron chi connectivity index (χ4n) is 2.35. The Hall–Kier alpha value is -2.01. The number of hydrogen-bond donors (Lipinski definition) is 2. The van der Waals surface area contributed by atoms with Crippen LogP contribution in [0.4, 0.5) is 10.5 Å². The van der Waals surface area contributed by atoms with Gasteiger partial charge >= 0.3 is 6.03 Å². The van der Waals surface area contributed by atoms with Gasteiger partial charge in [-0.25, -0.2) is 4.79 Å². The van der Waals surface area contributed by atoms with Crippen LogP contribution in [0.25, 0.3) is 0 Å². The van der Waals surface area contributed by atoms with Gasteiger partial charge in [-0.15, -0.1) is 0 Å². The third-order valence-corrected chi connectivity index (χ3v) is 3.40. The number of amides is 2. The average molecular weight is 304 g/mol. The van der Waals surface area contributed by atoms with Crippen LogP contribution in [0.15, 0.2) is 36.4 Å². The van der Waals surface area contributed by atoms with Crippen molar-refractivity contribution in [3.63, 3.8) is 0 Å². The summed E-state index contributed by atoms with van der Waals surface area (Å²) in [5.41, 5.74) is 1.65. The molecule has 0 aromatic heterocycles. The molecule has 2 amide bonds. The first kappa shape index (κ1) is 16.4. The third kappa shape index (κ3) is 5.41. The van der Waals surface area contributed by atoms with Gasteiger partial charge in [-0.3, -0.25) is 0 Å². The standard InChI is InChI=1S/C17H24N2O3/c1-12(2)11-22-16-6-4-5-14(10-16)18-17(20)19-15-7-8-21-13(3)9-15/h4-6,10,13,15H,1,7-9,11H2,2-3H3,(H2,18,19,20). The van der Waals surface area contributed by atoms with Gasteiger partial charge in [0, 0.05) is 24.4 Å². The van der Waals surface area contributed by atoms with E-state index < -0.39 is 0 Å². The van der Waals surface area contributed by atoms with Crippen molar-refractivity contribution in [1.82, 2.24) is 5.32 Å². The van der Waals surface area contributed by atoms with Crippen LogP contribution >= 0.6 is 0 Å². The molecule has 0 spiro atoms. The molecule has 120 valence electrons. The Labute approximate surface area is 131 Å². The Bertz CT molecular complexity index is 530. The van der Waals surface area contributed by atoms with Gasteiger partial charge in [0.15, 0.2) is 0 Å². The molecule has 0 saturated carbocycles. The summed E-state index contributed by atoms with van der Waals surface area (Å²) >= 11 is 0. The minimum atomic E-state index is -0.198. The number of anilines is 1. The molecule has 2 N–H and O–H groups in total. The van der Waals surface area contributed by atoms with Crippen LogP contribution < -0.4 is 15.4 Å². The van der Waals surface area contributed by atoms with Crippen LogP contribution in [0.1, 0.15) is 26.7 Å². The maximum Gasteiger partial charge on any atom is 0.319 e. The van der Waals surface area contributed by atoms with Crippen LogP contribution in [0.3, 0.4) is 0 Å². The van der Waals surface area contributed by atoms with Gasteiger partial charge < -0.3 is 20.1 Å². The molecule has 22 heavy (non-hydrogen) atoms. The van der Waals surface area contributed by atoms with Crippen molar-refractivity contribution in [3.8, 4) is 5.75 Å². The Kier molecular flexibility index (Phi) is 5.83. The summed E-state index contributed by atoms with van der Waals surface area (Å²) in [4.78, 5) is 12.0. The maximum absolute atomic E-state index is 12.0. The predicted molar refractivity (Wildman–Crippen MR) is 87.3 cm³/mol.